The van der Waals surface area contributed by atoms with Gasteiger partial charge >= 0.3 is 5.97 Å². The molecule has 100 valence electrons. The van der Waals surface area contributed by atoms with Crippen LogP contribution in [0.15, 0.2) is 23.0 Å². The summed E-state index contributed by atoms with van der Waals surface area (Å²) in [6.45, 7) is 1.74. The van der Waals surface area contributed by atoms with Gasteiger partial charge in [-0.3, -0.25) is 4.79 Å². The number of rotatable bonds is 3. The number of aromatic hydroxyl groups is 1. The second kappa shape index (κ2) is 5.32. The van der Waals surface area contributed by atoms with Gasteiger partial charge in [-0.15, -0.1) is 11.6 Å². The number of hydrogen-bond donors (Lipinski definition) is 2. The Hall–Kier alpha value is -2.01. The Morgan fingerprint density at radius 1 is 1.47 bits per heavy atom. The minimum absolute atomic E-state index is 0.118. The molecular formula is C13H12ClNO4. The van der Waals surface area contributed by atoms with Crippen LogP contribution in [0, 0.1) is 0 Å². The number of carbonyl (C=O) groups is 1. The van der Waals surface area contributed by atoms with Crippen molar-refractivity contribution in [2.75, 3.05) is 6.61 Å². The topological polar surface area (TPSA) is 79.4 Å². The molecule has 1 aromatic heterocycles. The van der Waals surface area contributed by atoms with E-state index in [1.807, 2.05) is 0 Å². The predicted octanol–water partition coefficient (Wildman–Crippen LogP) is 2.15. The lowest BCUT2D eigenvalue weighted by Gasteiger charge is -2.09. The van der Waals surface area contributed by atoms with Crippen molar-refractivity contribution in [2.24, 2.45) is 0 Å². The standard InChI is InChI=1S/C13H12ClNO4/c1-2-19-13(18)10-11(16)9-7(6-14)4-3-5-8(9)15-12(10)17/h3-5H,2,6H2,1H3,(H2,15,16,17). The minimum atomic E-state index is -0.854. The maximum absolute atomic E-state index is 11.8. The summed E-state index contributed by atoms with van der Waals surface area (Å²) in [5.74, 6) is -1.10. The average Bonchev–Trinajstić information content (AvgIpc) is 2.38. The lowest BCUT2D eigenvalue weighted by Crippen LogP contribution is -2.20. The van der Waals surface area contributed by atoms with Crippen LogP contribution in [-0.2, 0) is 10.6 Å². The zero-order chi connectivity index (χ0) is 14.0. The van der Waals surface area contributed by atoms with E-state index >= 15 is 0 Å². The molecule has 0 aliphatic carbocycles. The summed E-state index contributed by atoms with van der Waals surface area (Å²) in [6, 6.07) is 5.04. The molecule has 0 aliphatic heterocycles. The highest BCUT2D eigenvalue weighted by molar-refractivity contribution is 6.18. The lowest BCUT2D eigenvalue weighted by molar-refractivity contribution is 0.0521. The molecule has 2 rings (SSSR count). The number of esters is 1. The Morgan fingerprint density at radius 3 is 2.84 bits per heavy atom. The van der Waals surface area contributed by atoms with Crippen LogP contribution in [-0.4, -0.2) is 22.7 Å². The van der Waals surface area contributed by atoms with Crippen molar-refractivity contribution in [3.63, 3.8) is 0 Å². The first kappa shape index (κ1) is 13.4. The van der Waals surface area contributed by atoms with E-state index in [2.05, 4.69) is 4.98 Å². The van der Waals surface area contributed by atoms with Crippen LogP contribution in [0.1, 0.15) is 22.8 Å². The number of halogens is 1. The second-order valence-corrected chi connectivity index (χ2v) is 4.14. The largest absolute Gasteiger partial charge is 0.506 e. The Bertz CT molecular complexity index is 693. The highest BCUT2D eigenvalue weighted by Gasteiger charge is 2.21. The van der Waals surface area contributed by atoms with Crippen LogP contribution in [0.3, 0.4) is 0 Å². The summed E-state index contributed by atoms with van der Waals surface area (Å²) < 4.78 is 4.76. The zero-order valence-corrected chi connectivity index (χ0v) is 11.0. The first-order chi connectivity index (χ1) is 9.10. The molecular weight excluding hydrogens is 270 g/mol. The van der Waals surface area contributed by atoms with Gasteiger partial charge in [0.2, 0.25) is 0 Å². The van der Waals surface area contributed by atoms with E-state index in [-0.39, 0.29) is 12.5 Å². The Labute approximate surface area is 113 Å². The molecule has 0 spiro atoms. The Balaban J connectivity index is 2.80. The summed E-state index contributed by atoms with van der Waals surface area (Å²) in [7, 11) is 0. The SMILES string of the molecule is CCOC(=O)c1c(O)c2c(CCl)cccc2[nH]c1=O. The van der Waals surface area contributed by atoms with Crippen LogP contribution >= 0.6 is 11.6 Å². The van der Waals surface area contributed by atoms with Crippen molar-refractivity contribution in [3.8, 4) is 5.75 Å². The summed E-state index contributed by atoms with van der Waals surface area (Å²) >= 11 is 5.79. The van der Waals surface area contributed by atoms with E-state index in [1.54, 1.807) is 25.1 Å². The van der Waals surface area contributed by atoms with Crippen molar-refractivity contribution in [1.29, 1.82) is 0 Å². The molecule has 5 nitrogen and oxygen atoms in total. The Morgan fingerprint density at radius 2 is 2.21 bits per heavy atom. The molecule has 0 aliphatic rings. The number of H-pyrrole nitrogens is 1. The third-order valence-corrected chi connectivity index (χ3v) is 3.01. The van der Waals surface area contributed by atoms with Gasteiger partial charge in [-0.1, -0.05) is 12.1 Å². The molecule has 0 saturated heterocycles. The molecule has 0 atom stereocenters. The Kier molecular flexibility index (Phi) is 3.76. The third kappa shape index (κ3) is 2.29. The number of carbonyl (C=O) groups excluding carboxylic acids is 1. The number of hydrogen-bond acceptors (Lipinski definition) is 4. The van der Waals surface area contributed by atoms with Gasteiger partial charge in [-0.25, -0.2) is 4.79 Å². The minimum Gasteiger partial charge on any atom is -0.506 e. The van der Waals surface area contributed by atoms with E-state index < -0.39 is 22.8 Å². The van der Waals surface area contributed by atoms with Crippen LogP contribution in [0.5, 0.6) is 5.75 Å². The molecule has 0 unspecified atom stereocenters. The quantitative estimate of drug-likeness (QED) is 0.667. The van der Waals surface area contributed by atoms with Gasteiger partial charge in [0.05, 0.1) is 12.1 Å². The molecule has 2 N–H and O–H groups in total. The first-order valence-corrected chi connectivity index (χ1v) is 6.23. The lowest BCUT2D eigenvalue weighted by atomic mass is 10.1. The summed E-state index contributed by atoms with van der Waals surface area (Å²) in [6.07, 6.45) is 0. The van der Waals surface area contributed by atoms with Crippen molar-refractivity contribution in [1.82, 2.24) is 4.98 Å². The van der Waals surface area contributed by atoms with E-state index in [9.17, 15) is 14.7 Å². The number of nitrogens with one attached hydrogen (secondary N) is 1. The summed E-state index contributed by atoms with van der Waals surface area (Å²) in [5.41, 5.74) is -0.0331. The smallest absolute Gasteiger partial charge is 0.347 e. The van der Waals surface area contributed by atoms with Gasteiger partial charge in [0.15, 0.2) is 5.56 Å². The van der Waals surface area contributed by atoms with Gasteiger partial charge in [-0.05, 0) is 18.6 Å². The van der Waals surface area contributed by atoms with Crippen molar-refractivity contribution < 1.29 is 14.6 Å². The fourth-order valence-corrected chi connectivity index (χ4v) is 2.13. The van der Waals surface area contributed by atoms with Crippen LogP contribution in [0.4, 0.5) is 0 Å². The number of aromatic amines is 1. The zero-order valence-electron chi connectivity index (χ0n) is 10.2. The molecule has 2 aromatic rings. The third-order valence-electron chi connectivity index (χ3n) is 2.72. The molecule has 1 heterocycles. The van der Waals surface area contributed by atoms with Gasteiger partial charge in [-0.2, -0.15) is 0 Å². The summed E-state index contributed by atoms with van der Waals surface area (Å²) in [5, 5.41) is 10.5. The number of fused-ring (bicyclic) bond motifs is 1. The molecule has 0 amide bonds. The molecule has 0 fully saturated rings. The number of alkyl halides is 1. The molecule has 19 heavy (non-hydrogen) atoms. The van der Waals surface area contributed by atoms with Crippen LogP contribution in [0.25, 0.3) is 10.9 Å². The second-order valence-electron chi connectivity index (χ2n) is 3.87. The number of aromatic nitrogens is 1. The first-order valence-electron chi connectivity index (χ1n) is 5.70. The molecule has 0 bridgehead atoms. The highest BCUT2D eigenvalue weighted by atomic mass is 35.5. The highest BCUT2D eigenvalue weighted by Crippen LogP contribution is 2.29. The fraction of sp³-hybridized carbons (Fsp3) is 0.231. The number of pyridine rings is 1. The van der Waals surface area contributed by atoms with Crippen LogP contribution in [0.2, 0.25) is 0 Å². The van der Waals surface area contributed by atoms with E-state index in [1.165, 1.54) is 0 Å². The maximum Gasteiger partial charge on any atom is 0.347 e. The molecule has 6 heteroatoms. The van der Waals surface area contributed by atoms with Crippen molar-refractivity contribution in [2.45, 2.75) is 12.8 Å². The monoisotopic (exact) mass is 281 g/mol. The maximum atomic E-state index is 11.8. The normalized spacial score (nSPS) is 10.6. The number of ether oxygens (including phenoxy) is 1. The average molecular weight is 282 g/mol. The molecule has 1 aromatic carbocycles. The summed E-state index contributed by atoms with van der Waals surface area (Å²) in [4.78, 5) is 26.1. The van der Waals surface area contributed by atoms with Gasteiger partial charge in [0.25, 0.3) is 5.56 Å². The van der Waals surface area contributed by atoms with E-state index in [0.29, 0.717) is 16.5 Å². The predicted molar refractivity (Wildman–Crippen MR) is 71.7 cm³/mol. The molecule has 0 saturated carbocycles. The van der Waals surface area contributed by atoms with E-state index in [0.717, 1.165) is 0 Å². The van der Waals surface area contributed by atoms with Crippen molar-refractivity contribution >= 4 is 28.5 Å². The van der Waals surface area contributed by atoms with Crippen LogP contribution < -0.4 is 5.56 Å². The van der Waals surface area contributed by atoms with Gasteiger partial charge < -0.3 is 14.8 Å². The molecule has 0 radical (unpaired) electrons. The van der Waals surface area contributed by atoms with E-state index in [4.69, 9.17) is 16.3 Å². The van der Waals surface area contributed by atoms with Crippen molar-refractivity contribution in [3.05, 3.63) is 39.7 Å². The van der Waals surface area contributed by atoms with Gasteiger partial charge in [0.1, 0.15) is 5.75 Å². The fourth-order valence-electron chi connectivity index (χ4n) is 1.91. The van der Waals surface area contributed by atoms with Gasteiger partial charge in [0, 0.05) is 11.3 Å². The number of benzene rings is 1.